The molecule has 0 bridgehead atoms. The lowest BCUT2D eigenvalue weighted by Crippen LogP contribution is -2.44. The molecule has 8 heteroatoms. The Morgan fingerprint density at radius 2 is 2.13 bits per heavy atom. The van der Waals surface area contributed by atoms with E-state index in [1.54, 1.807) is 4.57 Å². The van der Waals surface area contributed by atoms with Gasteiger partial charge in [-0.15, -0.1) is 0 Å². The Labute approximate surface area is 174 Å². The van der Waals surface area contributed by atoms with Crippen molar-refractivity contribution in [2.24, 2.45) is 0 Å². The number of likely N-dealkylation sites (N-methyl/N-ethyl adjacent to an activating group) is 1. The molecule has 1 saturated heterocycles. The Kier molecular flexibility index (Phi) is 5.69. The van der Waals surface area contributed by atoms with Gasteiger partial charge in [0.15, 0.2) is 11.6 Å². The topological polar surface area (TPSA) is 83.8 Å². The highest BCUT2D eigenvalue weighted by molar-refractivity contribution is 5.97. The molecule has 0 radical (unpaired) electrons. The Morgan fingerprint density at radius 3 is 2.70 bits per heavy atom. The lowest BCUT2D eigenvalue weighted by molar-refractivity contribution is 0.0695. The first-order chi connectivity index (χ1) is 14.5. The quantitative estimate of drug-likeness (QED) is 0.720. The highest BCUT2D eigenvalue weighted by Crippen LogP contribution is 2.43. The number of pyridine rings is 1. The van der Waals surface area contributed by atoms with Gasteiger partial charge in [-0.3, -0.25) is 4.79 Å². The minimum atomic E-state index is -1.31. The Morgan fingerprint density at radius 1 is 1.37 bits per heavy atom. The van der Waals surface area contributed by atoms with Crippen LogP contribution in [0.15, 0.2) is 17.1 Å². The van der Waals surface area contributed by atoms with E-state index >= 15 is 4.39 Å². The molecule has 1 aliphatic heterocycles. The summed E-state index contributed by atoms with van der Waals surface area (Å²) in [5, 5.41) is 13.0. The van der Waals surface area contributed by atoms with Gasteiger partial charge in [-0.2, -0.15) is 0 Å². The summed E-state index contributed by atoms with van der Waals surface area (Å²) >= 11 is 0. The summed E-state index contributed by atoms with van der Waals surface area (Å²) in [6.07, 6.45) is 6.48. The number of rotatable bonds is 7. The third-order valence-corrected chi connectivity index (χ3v) is 6.12. The highest BCUT2D eigenvalue weighted by atomic mass is 19.1. The molecule has 1 saturated carbocycles. The summed E-state index contributed by atoms with van der Waals surface area (Å²) in [4.78, 5) is 26.4. The Bertz CT molecular complexity index is 1030. The van der Waals surface area contributed by atoms with Crippen molar-refractivity contribution in [1.29, 1.82) is 0 Å². The predicted octanol–water partition coefficient (Wildman–Crippen LogP) is 3.15. The summed E-state index contributed by atoms with van der Waals surface area (Å²) in [6.45, 7) is 4.14. The number of carboxylic acids is 1. The number of halogens is 1. The van der Waals surface area contributed by atoms with Crippen molar-refractivity contribution in [3.8, 4) is 5.75 Å². The number of carboxylic acid groups (broad SMARTS) is 1. The van der Waals surface area contributed by atoms with Crippen molar-refractivity contribution in [1.82, 2.24) is 9.88 Å². The first kappa shape index (κ1) is 20.7. The molecule has 30 heavy (non-hydrogen) atoms. The van der Waals surface area contributed by atoms with E-state index in [9.17, 15) is 14.7 Å². The van der Waals surface area contributed by atoms with Crippen LogP contribution in [0.4, 0.5) is 10.1 Å². The van der Waals surface area contributed by atoms with Crippen LogP contribution in [0.2, 0.25) is 0 Å². The van der Waals surface area contributed by atoms with Gasteiger partial charge in [0, 0.05) is 31.4 Å². The number of benzene rings is 1. The number of methoxy groups -OCH3 is 1. The molecule has 1 aromatic carbocycles. The first-order valence-corrected chi connectivity index (χ1v) is 10.6. The van der Waals surface area contributed by atoms with Crippen LogP contribution in [0.5, 0.6) is 5.75 Å². The van der Waals surface area contributed by atoms with E-state index in [4.69, 9.17) is 4.74 Å². The molecule has 162 valence electrons. The van der Waals surface area contributed by atoms with E-state index < -0.39 is 17.2 Å². The van der Waals surface area contributed by atoms with Gasteiger partial charge >= 0.3 is 5.97 Å². The fourth-order valence-corrected chi connectivity index (χ4v) is 4.45. The number of anilines is 1. The highest BCUT2D eigenvalue weighted by Gasteiger charge is 2.31. The van der Waals surface area contributed by atoms with E-state index in [2.05, 4.69) is 5.32 Å². The normalized spacial score (nSPS) is 19.1. The number of piperidine rings is 1. The fraction of sp³-hybridized carbons (Fsp3) is 0.545. The Hall–Kier alpha value is -2.61. The summed E-state index contributed by atoms with van der Waals surface area (Å²) < 4.78 is 22.8. The molecule has 2 heterocycles. The number of nitrogens with one attached hydrogen (secondary N) is 1. The van der Waals surface area contributed by atoms with Crippen LogP contribution in [0, 0.1) is 5.82 Å². The molecular formula is C22H28FN3O4. The van der Waals surface area contributed by atoms with Gasteiger partial charge < -0.3 is 24.6 Å². The smallest absolute Gasteiger partial charge is 0.341 e. The van der Waals surface area contributed by atoms with Crippen LogP contribution in [-0.2, 0) is 0 Å². The average Bonchev–Trinajstić information content (AvgIpc) is 3.58. The van der Waals surface area contributed by atoms with E-state index in [1.807, 2.05) is 11.8 Å². The third-order valence-electron chi connectivity index (χ3n) is 6.12. The molecule has 1 atom stereocenters. The van der Waals surface area contributed by atoms with E-state index in [-0.39, 0.29) is 23.0 Å². The Balaban J connectivity index is 1.91. The van der Waals surface area contributed by atoms with Crippen LogP contribution >= 0.6 is 0 Å². The second-order valence-corrected chi connectivity index (χ2v) is 8.14. The number of hydrogen-bond acceptors (Lipinski definition) is 5. The van der Waals surface area contributed by atoms with Crippen molar-refractivity contribution in [3.63, 3.8) is 0 Å². The number of fused-ring (bicyclic) bond motifs is 1. The number of ether oxygens (including phenoxy) is 1. The zero-order valence-electron chi connectivity index (χ0n) is 17.4. The van der Waals surface area contributed by atoms with Crippen LogP contribution < -0.4 is 20.4 Å². The first-order valence-electron chi connectivity index (χ1n) is 10.6. The molecule has 7 nitrogen and oxygen atoms in total. The number of aromatic carboxylic acids is 1. The van der Waals surface area contributed by atoms with Crippen molar-refractivity contribution >= 4 is 22.6 Å². The van der Waals surface area contributed by atoms with E-state index in [0.29, 0.717) is 30.0 Å². The van der Waals surface area contributed by atoms with Crippen LogP contribution in [0.1, 0.15) is 55.4 Å². The van der Waals surface area contributed by atoms with Crippen molar-refractivity contribution in [2.45, 2.75) is 51.1 Å². The maximum Gasteiger partial charge on any atom is 0.341 e. The van der Waals surface area contributed by atoms with E-state index in [1.165, 1.54) is 19.4 Å². The zero-order valence-corrected chi connectivity index (χ0v) is 17.4. The molecule has 2 fully saturated rings. The van der Waals surface area contributed by atoms with Crippen LogP contribution in [-0.4, -0.2) is 48.4 Å². The number of aromatic nitrogens is 1. The predicted molar refractivity (Wildman–Crippen MR) is 113 cm³/mol. The second-order valence-electron chi connectivity index (χ2n) is 8.14. The van der Waals surface area contributed by atoms with Crippen molar-refractivity contribution in [2.75, 3.05) is 31.6 Å². The third kappa shape index (κ3) is 3.64. The fourth-order valence-electron chi connectivity index (χ4n) is 4.45. The molecule has 4 rings (SSSR count). The average molecular weight is 417 g/mol. The molecule has 0 spiro atoms. The SMILES string of the molecule is CCN(C[C@@H]1CCCCN1)c1c(F)cc2c(=O)c(C(=O)O)cn(C3CC3)c2c1OC. The minimum absolute atomic E-state index is 0.0479. The molecule has 2 aromatic rings. The monoisotopic (exact) mass is 417 g/mol. The van der Waals surface area contributed by atoms with Gasteiger partial charge in [-0.1, -0.05) is 6.42 Å². The lowest BCUT2D eigenvalue weighted by Gasteiger charge is -2.33. The molecular weight excluding hydrogens is 389 g/mol. The standard InChI is InChI=1S/C22H28FN3O4/c1-3-25(11-13-6-4-5-9-24-13)19-17(23)10-15-18(21(19)30-2)26(14-7-8-14)12-16(20(15)27)22(28)29/h10,12-14,24H,3-9,11H2,1-2H3,(H,28,29)/t13-/m0/s1. The van der Waals surface area contributed by atoms with Crippen molar-refractivity contribution in [3.05, 3.63) is 33.9 Å². The second kappa shape index (κ2) is 8.26. The van der Waals surface area contributed by atoms with Gasteiger partial charge in [-0.25, -0.2) is 9.18 Å². The molecule has 1 aromatic heterocycles. The minimum Gasteiger partial charge on any atom is -0.492 e. The summed E-state index contributed by atoms with van der Waals surface area (Å²) in [5.74, 6) is -1.58. The van der Waals surface area contributed by atoms with E-state index in [0.717, 1.165) is 38.6 Å². The van der Waals surface area contributed by atoms with Gasteiger partial charge in [-0.05, 0) is 45.2 Å². The van der Waals surface area contributed by atoms with Crippen LogP contribution in [0.25, 0.3) is 10.9 Å². The van der Waals surface area contributed by atoms with Crippen LogP contribution in [0.3, 0.4) is 0 Å². The number of carbonyl (C=O) groups is 1. The molecule has 0 amide bonds. The van der Waals surface area contributed by atoms with Gasteiger partial charge in [0.25, 0.3) is 0 Å². The summed E-state index contributed by atoms with van der Waals surface area (Å²) in [6, 6.07) is 1.53. The molecule has 2 N–H and O–H groups in total. The van der Waals surface area contributed by atoms with Gasteiger partial charge in [0.2, 0.25) is 5.43 Å². The number of nitrogens with zero attached hydrogens (tertiary/aromatic N) is 2. The maximum atomic E-state index is 15.4. The number of hydrogen-bond donors (Lipinski definition) is 2. The van der Waals surface area contributed by atoms with Crippen molar-refractivity contribution < 1.29 is 19.0 Å². The largest absolute Gasteiger partial charge is 0.492 e. The zero-order chi connectivity index (χ0) is 21.4. The van der Waals surface area contributed by atoms with Gasteiger partial charge in [0.05, 0.1) is 18.0 Å². The summed E-state index contributed by atoms with van der Waals surface area (Å²) in [5.41, 5.74) is -0.226. The molecule has 0 unspecified atom stereocenters. The molecule has 2 aliphatic rings. The van der Waals surface area contributed by atoms with Gasteiger partial charge in [0.1, 0.15) is 11.3 Å². The molecule has 1 aliphatic carbocycles. The maximum absolute atomic E-state index is 15.4. The summed E-state index contributed by atoms with van der Waals surface area (Å²) in [7, 11) is 1.47. The lowest BCUT2D eigenvalue weighted by atomic mass is 10.0.